The second-order valence-corrected chi connectivity index (χ2v) is 4.22. The van der Waals surface area contributed by atoms with Gasteiger partial charge in [0.05, 0.1) is 18.1 Å². The van der Waals surface area contributed by atoms with Gasteiger partial charge in [-0.15, -0.1) is 12.4 Å². The second-order valence-electron chi connectivity index (χ2n) is 4.22. The Bertz CT molecular complexity index is 378. The Morgan fingerprint density at radius 3 is 2.53 bits per heavy atom. The summed E-state index contributed by atoms with van der Waals surface area (Å²) < 4.78 is 0. The Kier molecular flexibility index (Phi) is 4.84. The summed E-state index contributed by atoms with van der Waals surface area (Å²) in [5.41, 5.74) is 0.662. The number of carbonyl (C=O) groups excluding carboxylic acids is 1. The molecule has 1 atom stereocenters. The first-order chi connectivity index (χ1) is 7.66. The molecular weight excluding hydrogens is 240 g/mol. The largest absolute Gasteiger partial charge is 0.323 e. The highest BCUT2D eigenvalue weighted by molar-refractivity contribution is 5.92. The van der Waals surface area contributed by atoms with Crippen molar-refractivity contribution in [3.05, 3.63) is 18.2 Å². The Balaban J connectivity index is 0.00000144. The highest BCUT2D eigenvalue weighted by Gasteiger charge is 2.28. The van der Waals surface area contributed by atoms with Gasteiger partial charge in [-0.3, -0.25) is 4.79 Å². The van der Waals surface area contributed by atoms with Crippen LogP contribution in [0.4, 0.5) is 5.69 Å². The smallest absolute Gasteiger partial charge is 0.227 e. The van der Waals surface area contributed by atoms with E-state index < -0.39 is 0 Å². The Labute approximate surface area is 107 Å². The van der Waals surface area contributed by atoms with Crippen LogP contribution < -0.4 is 10.6 Å². The topological polar surface area (TPSA) is 66.9 Å². The number of nitrogens with one attached hydrogen (secondary N) is 2. The summed E-state index contributed by atoms with van der Waals surface area (Å²) >= 11 is 0. The summed E-state index contributed by atoms with van der Waals surface area (Å²) in [6.07, 6.45) is 3.26. The Morgan fingerprint density at radius 2 is 2.06 bits per heavy atom. The van der Waals surface area contributed by atoms with E-state index >= 15 is 0 Å². The van der Waals surface area contributed by atoms with Gasteiger partial charge in [-0.1, -0.05) is 6.92 Å². The van der Waals surface area contributed by atoms with Crippen molar-refractivity contribution in [1.29, 1.82) is 0 Å². The van der Waals surface area contributed by atoms with Crippen molar-refractivity contribution in [3.8, 4) is 0 Å². The molecule has 1 aliphatic rings. The average Bonchev–Trinajstić information content (AvgIpc) is 2.19. The second kappa shape index (κ2) is 5.93. The van der Waals surface area contributed by atoms with E-state index in [1.54, 1.807) is 12.4 Å². The molecule has 1 aromatic rings. The maximum absolute atomic E-state index is 11.8. The lowest BCUT2D eigenvalue weighted by Crippen LogP contribution is -2.48. The van der Waals surface area contributed by atoms with Gasteiger partial charge in [0.25, 0.3) is 0 Å². The summed E-state index contributed by atoms with van der Waals surface area (Å²) in [5.74, 6) is 1.22. The first-order valence-corrected chi connectivity index (χ1v) is 5.47. The van der Waals surface area contributed by atoms with Crippen LogP contribution in [0.2, 0.25) is 0 Å². The van der Waals surface area contributed by atoms with E-state index in [0.717, 1.165) is 13.1 Å². The van der Waals surface area contributed by atoms with Crippen molar-refractivity contribution in [2.75, 3.05) is 18.4 Å². The van der Waals surface area contributed by atoms with E-state index in [-0.39, 0.29) is 24.2 Å². The zero-order valence-electron chi connectivity index (χ0n) is 9.93. The van der Waals surface area contributed by atoms with Gasteiger partial charge in [0.15, 0.2) is 0 Å². The molecule has 0 radical (unpaired) electrons. The van der Waals surface area contributed by atoms with Crippen LogP contribution in [-0.4, -0.2) is 29.0 Å². The third-order valence-corrected chi connectivity index (χ3v) is 2.98. The quantitative estimate of drug-likeness (QED) is 0.847. The van der Waals surface area contributed by atoms with Crippen molar-refractivity contribution < 1.29 is 4.79 Å². The van der Waals surface area contributed by atoms with Crippen LogP contribution in [0.15, 0.2) is 12.4 Å². The summed E-state index contributed by atoms with van der Waals surface area (Å²) in [5, 5.41) is 5.99. The first kappa shape index (κ1) is 13.9. The van der Waals surface area contributed by atoms with Gasteiger partial charge in [-0.25, -0.2) is 9.97 Å². The van der Waals surface area contributed by atoms with Crippen LogP contribution >= 0.6 is 12.4 Å². The van der Waals surface area contributed by atoms with Crippen LogP contribution in [0.5, 0.6) is 0 Å². The van der Waals surface area contributed by atoms with Gasteiger partial charge < -0.3 is 10.6 Å². The van der Waals surface area contributed by atoms with Crippen LogP contribution in [-0.2, 0) is 4.79 Å². The number of aryl methyl sites for hydroxylation is 1. The van der Waals surface area contributed by atoms with E-state index in [2.05, 4.69) is 20.6 Å². The van der Waals surface area contributed by atoms with Gasteiger partial charge in [0.2, 0.25) is 5.91 Å². The molecule has 1 unspecified atom stereocenters. The van der Waals surface area contributed by atoms with E-state index in [0.29, 0.717) is 17.4 Å². The van der Waals surface area contributed by atoms with E-state index in [1.165, 1.54) is 0 Å². The number of hydrogen-bond acceptors (Lipinski definition) is 4. The average molecular weight is 257 g/mol. The number of carbonyl (C=O) groups is 1. The maximum atomic E-state index is 11.8. The van der Waals surface area contributed by atoms with E-state index in [9.17, 15) is 4.79 Å². The van der Waals surface area contributed by atoms with Crippen LogP contribution in [0, 0.1) is 18.8 Å². The van der Waals surface area contributed by atoms with Crippen molar-refractivity contribution >= 4 is 24.0 Å². The van der Waals surface area contributed by atoms with Crippen LogP contribution in [0.3, 0.4) is 0 Å². The predicted octanol–water partition coefficient (Wildman–Crippen LogP) is 1.00. The molecule has 17 heavy (non-hydrogen) atoms. The zero-order chi connectivity index (χ0) is 11.5. The molecule has 1 aromatic heterocycles. The molecule has 0 spiro atoms. The number of halogens is 1. The Morgan fingerprint density at radius 1 is 1.47 bits per heavy atom. The lowest BCUT2D eigenvalue weighted by Gasteiger charge is -2.31. The summed E-state index contributed by atoms with van der Waals surface area (Å²) in [6.45, 7) is 5.63. The molecule has 0 bridgehead atoms. The zero-order valence-corrected chi connectivity index (χ0v) is 10.8. The van der Waals surface area contributed by atoms with Crippen LogP contribution in [0.25, 0.3) is 0 Å². The van der Waals surface area contributed by atoms with E-state index in [4.69, 9.17) is 0 Å². The van der Waals surface area contributed by atoms with Gasteiger partial charge in [-0.2, -0.15) is 0 Å². The van der Waals surface area contributed by atoms with Gasteiger partial charge in [-0.05, 0) is 25.9 Å². The fourth-order valence-electron chi connectivity index (χ4n) is 1.59. The van der Waals surface area contributed by atoms with E-state index in [1.807, 2.05) is 13.8 Å². The van der Waals surface area contributed by atoms with Gasteiger partial charge >= 0.3 is 0 Å². The first-order valence-electron chi connectivity index (χ1n) is 5.47. The molecule has 2 heterocycles. The summed E-state index contributed by atoms with van der Waals surface area (Å²) in [6, 6.07) is 0. The lowest BCUT2D eigenvalue weighted by molar-refractivity contribution is -0.121. The molecule has 1 aliphatic heterocycles. The number of aromatic nitrogens is 2. The normalized spacial score (nSPS) is 16.6. The molecule has 1 fully saturated rings. The molecule has 1 saturated heterocycles. The number of anilines is 1. The molecule has 6 heteroatoms. The molecule has 0 saturated carbocycles. The molecule has 1 amide bonds. The van der Waals surface area contributed by atoms with Gasteiger partial charge in [0, 0.05) is 5.92 Å². The lowest BCUT2D eigenvalue weighted by atomic mass is 9.88. The van der Waals surface area contributed by atoms with Crippen molar-refractivity contribution in [1.82, 2.24) is 15.3 Å². The SMILES string of the molecule is Cc1ncc(NC(=O)C(C)C2CNC2)cn1.Cl. The minimum atomic E-state index is 0. The fraction of sp³-hybridized carbons (Fsp3) is 0.545. The third kappa shape index (κ3) is 3.38. The molecule has 5 nitrogen and oxygen atoms in total. The molecule has 0 aromatic carbocycles. The number of nitrogens with zero attached hydrogens (tertiary/aromatic N) is 2. The third-order valence-electron chi connectivity index (χ3n) is 2.98. The molecule has 2 N–H and O–H groups in total. The summed E-state index contributed by atoms with van der Waals surface area (Å²) in [7, 11) is 0. The highest BCUT2D eigenvalue weighted by Crippen LogP contribution is 2.17. The van der Waals surface area contributed by atoms with Crippen LogP contribution in [0.1, 0.15) is 12.7 Å². The predicted molar refractivity (Wildman–Crippen MR) is 68.2 cm³/mol. The number of hydrogen-bond donors (Lipinski definition) is 2. The maximum Gasteiger partial charge on any atom is 0.227 e. The van der Waals surface area contributed by atoms with Crippen molar-refractivity contribution in [3.63, 3.8) is 0 Å². The molecule has 2 rings (SSSR count). The number of rotatable bonds is 3. The minimum absolute atomic E-state index is 0. The molecule has 0 aliphatic carbocycles. The number of amides is 1. The standard InChI is InChI=1S/C11H16N4O.ClH/c1-7(9-3-12-4-9)11(16)15-10-5-13-8(2)14-6-10;/h5-7,9,12H,3-4H2,1-2H3,(H,15,16);1H. The van der Waals surface area contributed by atoms with Gasteiger partial charge in [0.1, 0.15) is 5.82 Å². The molecule has 94 valence electrons. The van der Waals surface area contributed by atoms with Crippen molar-refractivity contribution in [2.45, 2.75) is 13.8 Å². The highest BCUT2D eigenvalue weighted by atomic mass is 35.5. The van der Waals surface area contributed by atoms with Crippen molar-refractivity contribution in [2.24, 2.45) is 11.8 Å². The monoisotopic (exact) mass is 256 g/mol. The fourth-order valence-corrected chi connectivity index (χ4v) is 1.59. The minimum Gasteiger partial charge on any atom is -0.323 e. The summed E-state index contributed by atoms with van der Waals surface area (Å²) in [4.78, 5) is 19.9. The Hall–Kier alpha value is -1.20. The molecular formula is C11H17ClN4O.